The van der Waals surface area contributed by atoms with E-state index >= 15 is 0 Å². The summed E-state index contributed by atoms with van der Waals surface area (Å²) in [6.45, 7) is 1.59. The SMILES string of the molecule is CCCCCCCCCCCCCCCCc1cn(CC(=O)N2C[C@H](F)C[C@H]2C(=O)NCc2cccc(Cl)c2F)c2cc(C(=O)NS(=O)(=O)C3CC3)ccc12. The van der Waals surface area contributed by atoms with E-state index in [4.69, 9.17) is 11.6 Å². The predicted molar refractivity (Wildman–Crippen MR) is 214 cm³/mol. The Bertz CT molecular complexity index is 1880. The molecule has 0 unspecified atom stereocenters. The maximum absolute atomic E-state index is 14.8. The number of nitrogens with zero attached hydrogens (tertiary/aromatic N) is 2. The number of halogens is 3. The van der Waals surface area contributed by atoms with E-state index in [2.05, 4.69) is 17.0 Å². The number of nitrogens with one attached hydrogen (secondary N) is 2. The summed E-state index contributed by atoms with van der Waals surface area (Å²) in [6.07, 6.45) is 19.6. The highest BCUT2D eigenvalue weighted by Gasteiger charge is 2.40. The Morgan fingerprint density at radius 3 is 2.15 bits per heavy atom. The fourth-order valence-corrected chi connectivity index (χ4v) is 9.02. The van der Waals surface area contributed by atoms with E-state index < -0.39 is 51.0 Å². The van der Waals surface area contributed by atoms with Gasteiger partial charge in [0.25, 0.3) is 5.91 Å². The summed E-state index contributed by atoms with van der Waals surface area (Å²) in [6, 6.07) is 8.32. The van der Waals surface area contributed by atoms with Crippen molar-refractivity contribution in [2.24, 2.45) is 0 Å². The smallest absolute Gasteiger partial charge is 0.264 e. The minimum Gasteiger partial charge on any atom is -0.350 e. The van der Waals surface area contributed by atoms with Crippen LogP contribution >= 0.6 is 11.6 Å². The molecule has 2 fully saturated rings. The van der Waals surface area contributed by atoms with E-state index in [1.807, 2.05) is 6.20 Å². The Morgan fingerprint density at radius 2 is 1.51 bits per heavy atom. The zero-order valence-electron chi connectivity index (χ0n) is 32.1. The minimum absolute atomic E-state index is 0.0823. The molecule has 2 atom stereocenters. The lowest BCUT2D eigenvalue weighted by Crippen LogP contribution is -2.46. The highest BCUT2D eigenvalue weighted by Crippen LogP contribution is 2.29. The lowest BCUT2D eigenvalue weighted by Gasteiger charge is -2.24. The number of carbonyl (C=O) groups excluding carboxylic acids is 3. The molecule has 1 aromatic heterocycles. The number of likely N-dealkylation sites (tertiary alicyclic amines) is 1. The molecule has 5 rings (SSSR count). The van der Waals surface area contributed by atoms with Crippen LogP contribution in [0.1, 0.15) is 138 Å². The number of aromatic nitrogens is 1. The molecule has 3 aromatic rings. The summed E-state index contributed by atoms with van der Waals surface area (Å²) in [4.78, 5) is 41.3. The number of benzene rings is 2. The first-order chi connectivity index (χ1) is 26.5. The Kier molecular flexibility index (Phi) is 16.0. The number of amides is 3. The fourth-order valence-electron chi connectivity index (χ4n) is 7.53. The molecule has 13 heteroatoms. The van der Waals surface area contributed by atoms with Crippen LogP contribution in [-0.2, 0) is 39.1 Å². The molecule has 1 saturated heterocycles. The number of rotatable bonds is 23. The van der Waals surface area contributed by atoms with E-state index in [1.165, 1.54) is 87.7 Å². The van der Waals surface area contributed by atoms with Gasteiger partial charge in [0.1, 0.15) is 24.6 Å². The van der Waals surface area contributed by atoms with Crippen LogP contribution in [-0.4, -0.2) is 59.6 Å². The number of unbranched alkanes of at least 4 members (excludes halogenated alkanes) is 13. The van der Waals surface area contributed by atoms with Crippen molar-refractivity contribution in [2.75, 3.05) is 6.54 Å². The Hall–Kier alpha value is -3.51. The van der Waals surface area contributed by atoms with Gasteiger partial charge in [0.15, 0.2) is 0 Å². The lowest BCUT2D eigenvalue weighted by atomic mass is 10.0. The number of aryl methyl sites for hydroxylation is 1. The van der Waals surface area contributed by atoms with Gasteiger partial charge in [0, 0.05) is 41.2 Å². The van der Waals surface area contributed by atoms with E-state index in [9.17, 15) is 31.6 Å². The second-order valence-corrected chi connectivity index (χ2v) is 17.7. The quantitative estimate of drug-likeness (QED) is 0.0930. The van der Waals surface area contributed by atoms with Crippen LogP contribution < -0.4 is 10.0 Å². The molecule has 2 heterocycles. The van der Waals surface area contributed by atoms with Crippen molar-refractivity contribution in [1.82, 2.24) is 19.5 Å². The zero-order chi connectivity index (χ0) is 39.4. The Balaban J connectivity index is 1.21. The first kappa shape index (κ1) is 42.6. The number of hydrogen-bond donors (Lipinski definition) is 2. The standard InChI is InChI=1S/C42H57ClF2N4O5S/c1-2-3-4-5-6-7-8-9-10-11-12-13-14-15-17-32-27-48(37-24-30(20-23-35(32)37)41(51)47-55(53,54)34-21-22-34)29-39(50)49-28-33(44)25-38(49)42(52)46-26-31-18-16-19-36(43)40(31)45/h16,18-20,23-24,27,33-34,38H,2-15,17,21-22,25-26,28-29H2,1H3,(H,46,52)(H,47,51)/t33-,38+/m1/s1. The van der Waals surface area contributed by atoms with Crippen LogP contribution in [0.4, 0.5) is 8.78 Å². The molecular formula is C42H57ClF2N4O5S. The largest absolute Gasteiger partial charge is 0.350 e. The molecule has 9 nitrogen and oxygen atoms in total. The maximum Gasteiger partial charge on any atom is 0.264 e. The van der Waals surface area contributed by atoms with Crippen LogP contribution in [0.3, 0.4) is 0 Å². The van der Waals surface area contributed by atoms with Gasteiger partial charge in [-0.15, -0.1) is 0 Å². The van der Waals surface area contributed by atoms with Crippen LogP contribution in [0.15, 0.2) is 42.6 Å². The van der Waals surface area contributed by atoms with Gasteiger partial charge in [-0.1, -0.05) is 120 Å². The molecule has 55 heavy (non-hydrogen) atoms. The van der Waals surface area contributed by atoms with Crippen molar-refractivity contribution in [2.45, 2.75) is 153 Å². The number of fused-ring (bicyclic) bond motifs is 1. The normalized spacial score (nSPS) is 17.2. The third kappa shape index (κ3) is 12.2. The van der Waals surface area contributed by atoms with Crippen molar-refractivity contribution in [3.8, 4) is 0 Å². The average Bonchev–Trinajstić information content (AvgIpc) is 3.88. The summed E-state index contributed by atoms with van der Waals surface area (Å²) in [5.41, 5.74) is 1.87. The topological polar surface area (TPSA) is 118 Å². The van der Waals surface area contributed by atoms with Crippen LogP contribution in [0.5, 0.6) is 0 Å². The lowest BCUT2D eigenvalue weighted by molar-refractivity contribution is -0.139. The molecule has 2 N–H and O–H groups in total. The maximum atomic E-state index is 14.8. The summed E-state index contributed by atoms with van der Waals surface area (Å²) in [7, 11) is -3.77. The van der Waals surface area contributed by atoms with Gasteiger partial charge in [-0.25, -0.2) is 21.9 Å². The summed E-state index contributed by atoms with van der Waals surface area (Å²) in [5, 5.41) is 2.82. The Labute approximate surface area is 330 Å². The fraction of sp³-hybridized carbons (Fsp3) is 0.595. The van der Waals surface area contributed by atoms with Gasteiger partial charge in [0.05, 0.1) is 16.8 Å². The van der Waals surface area contributed by atoms with Crippen molar-refractivity contribution < 1.29 is 31.6 Å². The molecule has 0 radical (unpaired) electrons. The van der Waals surface area contributed by atoms with Gasteiger partial charge in [0.2, 0.25) is 21.8 Å². The van der Waals surface area contributed by atoms with Gasteiger partial charge in [-0.2, -0.15) is 0 Å². The summed E-state index contributed by atoms with van der Waals surface area (Å²) in [5.74, 6) is -2.48. The number of sulfonamides is 1. The van der Waals surface area contributed by atoms with E-state index in [1.54, 1.807) is 28.8 Å². The predicted octanol–water partition coefficient (Wildman–Crippen LogP) is 8.94. The molecule has 1 aliphatic heterocycles. The highest BCUT2D eigenvalue weighted by molar-refractivity contribution is 7.91. The van der Waals surface area contributed by atoms with Crippen molar-refractivity contribution >= 4 is 50.2 Å². The van der Waals surface area contributed by atoms with E-state index in [0.29, 0.717) is 18.4 Å². The summed E-state index contributed by atoms with van der Waals surface area (Å²) < 4.78 is 58.1. The molecule has 302 valence electrons. The molecule has 0 bridgehead atoms. The van der Waals surface area contributed by atoms with E-state index in [-0.39, 0.29) is 42.2 Å². The second kappa shape index (κ2) is 20.6. The average molecular weight is 803 g/mol. The first-order valence-electron chi connectivity index (χ1n) is 20.3. The molecule has 1 saturated carbocycles. The third-order valence-electron chi connectivity index (χ3n) is 10.9. The van der Waals surface area contributed by atoms with E-state index in [0.717, 1.165) is 36.6 Å². The van der Waals surface area contributed by atoms with Crippen molar-refractivity contribution in [3.05, 3.63) is 70.1 Å². The van der Waals surface area contributed by atoms with Crippen LogP contribution in [0.2, 0.25) is 5.02 Å². The zero-order valence-corrected chi connectivity index (χ0v) is 33.7. The number of hydrogen-bond acceptors (Lipinski definition) is 5. The van der Waals surface area contributed by atoms with Gasteiger partial charge < -0.3 is 14.8 Å². The molecule has 0 spiro atoms. The van der Waals surface area contributed by atoms with Gasteiger partial charge >= 0.3 is 0 Å². The van der Waals surface area contributed by atoms with Crippen molar-refractivity contribution in [1.29, 1.82) is 0 Å². The first-order valence-corrected chi connectivity index (χ1v) is 22.2. The number of carbonyl (C=O) groups is 3. The summed E-state index contributed by atoms with van der Waals surface area (Å²) >= 11 is 5.87. The third-order valence-corrected chi connectivity index (χ3v) is 13.0. The van der Waals surface area contributed by atoms with Crippen molar-refractivity contribution in [3.63, 3.8) is 0 Å². The minimum atomic E-state index is -3.77. The van der Waals surface area contributed by atoms with Gasteiger partial charge in [-0.05, 0) is 49.4 Å². The van der Waals surface area contributed by atoms with Gasteiger partial charge in [-0.3, -0.25) is 14.4 Å². The molecule has 2 aliphatic rings. The van der Waals surface area contributed by atoms with Crippen LogP contribution in [0.25, 0.3) is 10.9 Å². The molecular weight excluding hydrogens is 746 g/mol. The second-order valence-electron chi connectivity index (χ2n) is 15.4. The van der Waals surface area contributed by atoms with Crippen LogP contribution in [0, 0.1) is 5.82 Å². The Morgan fingerprint density at radius 1 is 0.873 bits per heavy atom. The monoisotopic (exact) mass is 802 g/mol. The number of alkyl halides is 1. The molecule has 1 aliphatic carbocycles. The highest BCUT2D eigenvalue weighted by atomic mass is 35.5. The molecule has 2 aromatic carbocycles. The molecule has 3 amide bonds.